The van der Waals surface area contributed by atoms with Gasteiger partial charge in [-0.1, -0.05) is 47.1 Å². The van der Waals surface area contributed by atoms with Gasteiger partial charge in [-0.2, -0.15) is 0 Å². The van der Waals surface area contributed by atoms with Crippen LogP contribution in [0.25, 0.3) is 0 Å². The number of aryl methyl sites for hydroxylation is 1. The predicted octanol–water partition coefficient (Wildman–Crippen LogP) is 4.61. The highest BCUT2D eigenvalue weighted by atomic mass is 79.9. The maximum Gasteiger partial charge on any atom is 0.124 e. The topological polar surface area (TPSA) is 35.2 Å². The molecular weight excluding hydrogens is 314 g/mol. The van der Waals surface area contributed by atoms with Gasteiger partial charge in [0.15, 0.2) is 0 Å². The van der Waals surface area contributed by atoms with Crippen molar-refractivity contribution in [3.05, 3.63) is 63.6 Å². The second-order valence-corrected chi connectivity index (χ2v) is 5.85. The minimum Gasteiger partial charge on any atom is -0.489 e. The highest BCUT2D eigenvalue weighted by molar-refractivity contribution is 9.10. The Morgan fingerprint density at radius 3 is 2.35 bits per heavy atom. The van der Waals surface area contributed by atoms with Crippen LogP contribution in [-0.2, 0) is 13.0 Å². The first kappa shape index (κ1) is 15.1. The molecule has 20 heavy (non-hydrogen) atoms. The van der Waals surface area contributed by atoms with Gasteiger partial charge in [0.05, 0.1) is 0 Å². The van der Waals surface area contributed by atoms with Crippen LogP contribution in [-0.4, -0.2) is 0 Å². The van der Waals surface area contributed by atoms with E-state index in [0.717, 1.165) is 22.2 Å². The average Bonchev–Trinajstić information content (AvgIpc) is 2.46. The van der Waals surface area contributed by atoms with Crippen LogP contribution in [0.3, 0.4) is 0 Å². The molecule has 106 valence electrons. The van der Waals surface area contributed by atoms with Gasteiger partial charge in [0, 0.05) is 16.1 Å². The summed E-state index contributed by atoms with van der Waals surface area (Å²) in [6.45, 7) is 4.68. The van der Waals surface area contributed by atoms with Crippen LogP contribution < -0.4 is 10.5 Å². The van der Waals surface area contributed by atoms with Gasteiger partial charge in [0.1, 0.15) is 12.4 Å². The lowest BCUT2D eigenvalue weighted by molar-refractivity contribution is 0.301. The van der Waals surface area contributed by atoms with Crippen molar-refractivity contribution in [2.24, 2.45) is 5.73 Å². The van der Waals surface area contributed by atoms with Crippen molar-refractivity contribution in [1.29, 1.82) is 0 Å². The van der Waals surface area contributed by atoms with Gasteiger partial charge in [-0.25, -0.2) is 0 Å². The Bertz CT molecular complexity index is 564. The fourth-order valence-electron chi connectivity index (χ4n) is 2.04. The third kappa shape index (κ3) is 3.84. The van der Waals surface area contributed by atoms with Crippen molar-refractivity contribution in [3.63, 3.8) is 0 Å². The van der Waals surface area contributed by atoms with Crippen LogP contribution in [0.15, 0.2) is 46.9 Å². The third-order valence-corrected chi connectivity index (χ3v) is 3.78. The van der Waals surface area contributed by atoms with E-state index in [0.29, 0.717) is 6.61 Å². The van der Waals surface area contributed by atoms with Gasteiger partial charge in [-0.15, -0.1) is 0 Å². The molecule has 0 aliphatic rings. The molecule has 0 saturated heterocycles. The zero-order valence-electron chi connectivity index (χ0n) is 11.9. The number of hydrogen-bond acceptors (Lipinski definition) is 2. The lowest BCUT2D eigenvalue weighted by Gasteiger charge is -2.14. The number of nitrogens with two attached hydrogens (primary N) is 1. The van der Waals surface area contributed by atoms with E-state index >= 15 is 0 Å². The molecule has 0 aliphatic carbocycles. The van der Waals surface area contributed by atoms with Crippen LogP contribution in [0.2, 0.25) is 0 Å². The Labute approximate surface area is 129 Å². The summed E-state index contributed by atoms with van der Waals surface area (Å²) in [5.41, 5.74) is 9.52. The molecule has 0 aromatic heterocycles. The van der Waals surface area contributed by atoms with Gasteiger partial charge in [-0.05, 0) is 42.7 Å². The summed E-state index contributed by atoms with van der Waals surface area (Å²) in [6.07, 6.45) is 1.06. The van der Waals surface area contributed by atoms with Crippen molar-refractivity contribution in [3.8, 4) is 5.75 Å². The lowest BCUT2D eigenvalue weighted by atomic mass is 10.1. The Hall–Kier alpha value is -1.32. The first-order valence-corrected chi connectivity index (χ1v) is 7.65. The smallest absolute Gasteiger partial charge is 0.124 e. The molecule has 0 saturated carbocycles. The van der Waals surface area contributed by atoms with Crippen molar-refractivity contribution in [2.75, 3.05) is 0 Å². The van der Waals surface area contributed by atoms with Crippen LogP contribution >= 0.6 is 15.9 Å². The summed E-state index contributed by atoms with van der Waals surface area (Å²) in [5, 5.41) is 0. The van der Waals surface area contributed by atoms with Gasteiger partial charge >= 0.3 is 0 Å². The van der Waals surface area contributed by atoms with Gasteiger partial charge in [0.2, 0.25) is 0 Å². The van der Waals surface area contributed by atoms with Crippen LogP contribution in [0.1, 0.15) is 36.6 Å². The molecule has 2 rings (SSSR count). The SMILES string of the molecule is CCc1ccc(COc2ccc(Br)cc2C(C)N)cc1. The molecule has 0 aliphatic heterocycles. The fourth-order valence-corrected chi connectivity index (χ4v) is 2.42. The summed E-state index contributed by atoms with van der Waals surface area (Å²) in [4.78, 5) is 0. The van der Waals surface area contributed by atoms with Gasteiger partial charge < -0.3 is 10.5 Å². The molecule has 3 heteroatoms. The van der Waals surface area contributed by atoms with Crippen LogP contribution in [0.4, 0.5) is 0 Å². The van der Waals surface area contributed by atoms with E-state index in [-0.39, 0.29) is 6.04 Å². The normalized spacial score (nSPS) is 12.2. The van der Waals surface area contributed by atoms with E-state index in [9.17, 15) is 0 Å². The minimum atomic E-state index is -0.0510. The highest BCUT2D eigenvalue weighted by Crippen LogP contribution is 2.28. The molecule has 2 aromatic rings. The summed E-state index contributed by atoms with van der Waals surface area (Å²) < 4.78 is 6.93. The molecular formula is C17H20BrNO. The van der Waals surface area contributed by atoms with E-state index in [4.69, 9.17) is 10.5 Å². The van der Waals surface area contributed by atoms with E-state index in [1.165, 1.54) is 11.1 Å². The average molecular weight is 334 g/mol. The second kappa shape index (κ2) is 6.91. The Balaban J connectivity index is 2.10. The first-order chi connectivity index (χ1) is 9.60. The van der Waals surface area contributed by atoms with Crippen molar-refractivity contribution in [1.82, 2.24) is 0 Å². The summed E-state index contributed by atoms with van der Waals surface area (Å²) in [6, 6.07) is 14.4. The zero-order valence-corrected chi connectivity index (χ0v) is 13.5. The lowest BCUT2D eigenvalue weighted by Crippen LogP contribution is -2.08. The summed E-state index contributed by atoms with van der Waals surface area (Å²) in [5.74, 6) is 0.850. The number of halogens is 1. The molecule has 2 aromatic carbocycles. The van der Waals surface area contributed by atoms with Crippen molar-refractivity contribution >= 4 is 15.9 Å². The van der Waals surface area contributed by atoms with E-state index in [1.807, 2.05) is 25.1 Å². The molecule has 1 unspecified atom stereocenters. The molecule has 1 atom stereocenters. The van der Waals surface area contributed by atoms with Crippen molar-refractivity contribution < 1.29 is 4.74 Å². The third-order valence-electron chi connectivity index (χ3n) is 3.29. The predicted molar refractivity (Wildman–Crippen MR) is 86.9 cm³/mol. The quantitative estimate of drug-likeness (QED) is 0.867. The number of hydrogen-bond donors (Lipinski definition) is 1. The minimum absolute atomic E-state index is 0.0510. The van der Waals surface area contributed by atoms with Crippen molar-refractivity contribution in [2.45, 2.75) is 32.9 Å². The molecule has 0 fully saturated rings. The molecule has 0 amide bonds. The number of ether oxygens (including phenoxy) is 1. The maximum absolute atomic E-state index is 5.99. The van der Waals surface area contributed by atoms with Gasteiger partial charge in [-0.3, -0.25) is 0 Å². The standard InChI is InChI=1S/C17H20BrNO/c1-3-13-4-6-14(7-5-13)11-20-17-9-8-15(18)10-16(17)12(2)19/h4-10,12H,3,11,19H2,1-2H3. The Morgan fingerprint density at radius 1 is 1.10 bits per heavy atom. The molecule has 2 nitrogen and oxygen atoms in total. The highest BCUT2D eigenvalue weighted by Gasteiger charge is 2.09. The molecule has 2 N–H and O–H groups in total. The summed E-state index contributed by atoms with van der Waals surface area (Å²) >= 11 is 3.47. The molecule has 0 radical (unpaired) electrons. The molecule has 0 heterocycles. The molecule has 0 bridgehead atoms. The largest absolute Gasteiger partial charge is 0.489 e. The van der Waals surface area contributed by atoms with E-state index < -0.39 is 0 Å². The van der Waals surface area contributed by atoms with Crippen LogP contribution in [0.5, 0.6) is 5.75 Å². The number of benzene rings is 2. The zero-order chi connectivity index (χ0) is 14.5. The van der Waals surface area contributed by atoms with E-state index in [2.05, 4.69) is 47.1 Å². The first-order valence-electron chi connectivity index (χ1n) is 6.85. The van der Waals surface area contributed by atoms with Crippen LogP contribution in [0, 0.1) is 0 Å². The van der Waals surface area contributed by atoms with E-state index in [1.54, 1.807) is 0 Å². The fraction of sp³-hybridized carbons (Fsp3) is 0.294. The second-order valence-electron chi connectivity index (χ2n) is 4.93. The number of rotatable bonds is 5. The summed E-state index contributed by atoms with van der Waals surface area (Å²) in [7, 11) is 0. The monoisotopic (exact) mass is 333 g/mol. The maximum atomic E-state index is 5.99. The Kier molecular flexibility index (Phi) is 5.21. The Morgan fingerprint density at radius 2 is 1.75 bits per heavy atom. The van der Waals surface area contributed by atoms with Gasteiger partial charge in [0.25, 0.3) is 0 Å². The molecule has 0 spiro atoms.